The first-order chi connectivity index (χ1) is 7.93. The van der Waals surface area contributed by atoms with Gasteiger partial charge in [-0.1, -0.05) is 0 Å². The topological polar surface area (TPSA) is 57.9 Å². The zero-order valence-corrected chi connectivity index (χ0v) is 11.3. The molecule has 0 radical (unpaired) electrons. The van der Waals surface area contributed by atoms with Crippen LogP contribution in [-0.4, -0.2) is 19.5 Å². The standard InChI is InChI=1S/C12H14ClNO2S/c1-9-7-12(4-3-11(9)8-14)17(15,16)10(2)5-6-13/h3-4,7,10H,5-6H2,1-2H3. The van der Waals surface area contributed by atoms with Crippen LogP contribution in [0.4, 0.5) is 0 Å². The first kappa shape index (κ1) is 14.0. The van der Waals surface area contributed by atoms with Crippen LogP contribution >= 0.6 is 11.6 Å². The molecule has 1 aromatic carbocycles. The molecule has 0 N–H and O–H groups in total. The summed E-state index contributed by atoms with van der Waals surface area (Å²) in [5, 5.41) is 8.28. The number of hydrogen-bond acceptors (Lipinski definition) is 3. The number of hydrogen-bond donors (Lipinski definition) is 0. The van der Waals surface area contributed by atoms with E-state index in [-0.39, 0.29) is 4.90 Å². The number of alkyl halides is 1. The van der Waals surface area contributed by atoms with Crippen molar-refractivity contribution in [3.63, 3.8) is 0 Å². The van der Waals surface area contributed by atoms with E-state index in [4.69, 9.17) is 16.9 Å². The van der Waals surface area contributed by atoms with E-state index in [1.807, 2.05) is 6.07 Å². The monoisotopic (exact) mass is 271 g/mol. The smallest absolute Gasteiger partial charge is 0.181 e. The normalized spacial score (nSPS) is 13.1. The Morgan fingerprint density at radius 2 is 2.12 bits per heavy atom. The zero-order chi connectivity index (χ0) is 13.1. The van der Waals surface area contributed by atoms with Crippen LogP contribution < -0.4 is 0 Å². The number of sulfone groups is 1. The van der Waals surface area contributed by atoms with Crippen molar-refractivity contribution in [3.8, 4) is 6.07 Å². The Morgan fingerprint density at radius 1 is 1.47 bits per heavy atom. The van der Waals surface area contributed by atoms with Crippen molar-refractivity contribution in [2.75, 3.05) is 5.88 Å². The van der Waals surface area contributed by atoms with Gasteiger partial charge in [-0.15, -0.1) is 11.6 Å². The Labute approximate surface area is 107 Å². The van der Waals surface area contributed by atoms with Crippen LogP contribution in [0.25, 0.3) is 0 Å². The number of nitrogens with zero attached hydrogens (tertiary/aromatic N) is 1. The van der Waals surface area contributed by atoms with Gasteiger partial charge in [0.05, 0.1) is 21.8 Å². The highest BCUT2D eigenvalue weighted by molar-refractivity contribution is 7.92. The highest BCUT2D eigenvalue weighted by Gasteiger charge is 2.23. The summed E-state index contributed by atoms with van der Waals surface area (Å²) in [6.45, 7) is 3.37. The van der Waals surface area contributed by atoms with Gasteiger partial charge in [0.25, 0.3) is 0 Å². The van der Waals surface area contributed by atoms with Gasteiger partial charge in [0.15, 0.2) is 9.84 Å². The SMILES string of the molecule is Cc1cc(S(=O)(=O)C(C)CCCl)ccc1C#N. The molecule has 0 heterocycles. The summed E-state index contributed by atoms with van der Waals surface area (Å²) in [4.78, 5) is 0.256. The Balaban J connectivity index is 3.18. The molecule has 1 aromatic rings. The quantitative estimate of drug-likeness (QED) is 0.791. The average molecular weight is 272 g/mol. The average Bonchev–Trinajstić information content (AvgIpc) is 2.29. The number of halogens is 1. The summed E-state index contributed by atoms with van der Waals surface area (Å²) in [5.41, 5.74) is 1.17. The molecule has 17 heavy (non-hydrogen) atoms. The van der Waals surface area contributed by atoms with E-state index < -0.39 is 15.1 Å². The molecule has 0 fully saturated rings. The van der Waals surface area contributed by atoms with Crippen LogP contribution in [0.5, 0.6) is 0 Å². The lowest BCUT2D eigenvalue weighted by Crippen LogP contribution is -2.18. The van der Waals surface area contributed by atoms with Crippen molar-refractivity contribution in [1.29, 1.82) is 5.26 Å². The molecule has 1 atom stereocenters. The van der Waals surface area contributed by atoms with E-state index >= 15 is 0 Å². The molecular formula is C12H14ClNO2S. The minimum atomic E-state index is -3.34. The predicted octanol–water partition coefficient (Wildman–Crippen LogP) is 2.66. The third kappa shape index (κ3) is 2.99. The summed E-state index contributed by atoms with van der Waals surface area (Å²) >= 11 is 5.56. The minimum Gasteiger partial charge on any atom is -0.223 e. The van der Waals surface area contributed by atoms with Crippen LogP contribution in [0.15, 0.2) is 23.1 Å². The number of aryl methyl sites for hydroxylation is 1. The van der Waals surface area contributed by atoms with Gasteiger partial charge in [0, 0.05) is 5.88 Å². The molecule has 3 nitrogen and oxygen atoms in total. The second-order valence-electron chi connectivity index (χ2n) is 3.92. The summed E-state index contributed by atoms with van der Waals surface area (Å²) < 4.78 is 24.3. The number of rotatable bonds is 4. The molecule has 0 aliphatic rings. The van der Waals surface area contributed by atoms with Gasteiger partial charge in [-0.3, -0.25) is 0 Å². The maximum Gasteiger partial charge on any atom is 0.181 e. The van der Waals surface area contributed by atoms with E-state index in [0.717, 1.165) is 0 Å². The lowest BCUT2D eigenvalue weighted by atomic mass is 10.1. The van der Waals surface area contributed by atoms with Crippen LogP contribution in [0.2, 0.25) is 0 Å². The van der Waals surface area contributed by atoms with E-state index in [2.05, 4.69) is 0 Å². The Hall–Kier alpha value is -1.05. The summed E-state index contributed by atoms with van der Waals surface area (Å²) in [6, 6.07) is 6.57. The summed E-state index contributed by atoms with van der Waals surface area (Å²) in [6.07, 6.45) is 0.420. The number of nitriles is 1. The maximum absolute atomic E-state index is 12.1. The van der Waals surface area contributed by atoms with Crippen molar-refractivity contribution in [2.24, 2.45) is 0 Å². The van der Waals surface area contributed by atoms with Gasteiger partial charge in [-0.05, 0) is 44.0 Å². The molecule has 0 aromatic heterocycles. The lowest BCUT2D eigenvalue weighted by Gasteiger charge is -2.12. The highest BCUT2D eigenvalue weighted by atomic mass is 35.5. The molecular weight excluding hydrogens is 258 g/mol. The molecule has 0 aliphatic carbocycles. The van der Waals surface area contributed by atoms with Gasteiger partial charge < -0.3 is 0 Å². The maximum atomic E-state index is 12.1. The molecule has 92 valence electrons. The predicted molar refractivity (Wildman–Crippen MR) is 67.9 cm³/mol. The van der Waals surface area contributed by atoms with E-state index in [1.54, 1.807) is 19.9 Å². The fraction of sp³-hybridized carbons (Fsp3) is 0.417. The second-order valence-corrected chi connectivity index (χ2v) is 6.67. The lowest BCUT2D eigenvalue weighted by molar-refractivity contribution is 0.581. The van der Waals surface area contributed by atoms with Crippen LogP contribution in [0.3, 0.4) is 0 Å². The van der Waals surface area contributed by atoms with Crippen molar-refractivity contribution in [1.82, 2.24) is 0 Å². The molecule has 1 rings (SSSR count). The Morgan fingerprint density at radius 3 is 2.59 bits per heavy atom. The first-order valence-corrected chi connectivity index (χ1v) is 7.32. The van der Waals surface area contributed by atoms with Crippen LogP contribution in [0.1, 0.15) is 24.5 Å². The first-order valence-electron chi connectivity index (χ1n) is 5.24. The molecule has 0 amide bonds. The largest absolute Gasteiger partial charge is 0.223 e. The van der Waals surface area contributed by atoms with Crippen molar-refractivity contribution < 1.29 is 8.42 Å². The summed E-state index contributed by atoms with van der Waals surface area (Å²) in [7, 11) is -3.34. The van der Waals surface area contributed by atoms with E-state index in [9.17, 15) is 8.42 Å². The molecule has 0 saturated heterocycles. The van der Waals surface area contributed by atoms with Crippen LogP contribution in [-0.2, 0) is 9.84 Å². The molecule has 1 unspecified atom stereocenters. The fourth-order valence-electron chi connectivity index (χ4n) is 1.48. The van der Waals surface area contributed by atoms with Gasteiger partial charge in [-0.2, -0.15) is 5.26 Å². The minimum absolute atomic E-state index is 0.256. The van der Waals surface area contributed by atoms with Gasteiger partial charge in [0.2, 0.25) is 0 Å². The van der Waals surface area contributed by atoms with Crippen molar-refractivity contribution >= 4 is 21.4 Å². The Kier molecular flexibility index (Phi) is 4.55. The molecule has 5 heteroatoms. The van der Waals surface area contributed by atoms with Crippen molar-refractivity contribution in [3.05, 3.63) is 29.3 Å². The van der Waals surface area contributed by atoms with Gasteiger partial charge >= 0.3 is 0 Å². The molecule has 0 bridgehead atoms. The molecule has 0 aliphatic heterocycles. The van der Waals surface area contributed by atoms with E-state index in [1.165, 1.54) is 12.1 Å². The summed E-state index contributed by atoms with van der Waals surface area (Å²) in [5.74, 6) is 0.315. The highest BCUT2D eigenvalue weighted by Crippen LogP contribution is 2.21. The van der Waals surface area contributed by atoms with Gasteiger partial charge in [-0.25, -0.2) is 8.42 Å². The third-order valence-electron chi connectivity index (χ3n) is 2.69. The zero-order valence-electron chi connectivity index (χ0n) is 9.77. The van der Waals surface area contributed by atoms with Gasteiger partial charge in [0.1, 0.15) is 0 Å². The van der Waals surface area contributed by atoms with Crippen LogP contribution in [0, 0.1) is 18.3 Å². The third-order valence-corrected chi connectivity index (χ3v) is 5.12. The molecule has 0 spiro atoms. The molecule has 0 saturated carbocycles. The van der Waals surface area contributed by atoms with E-state index in [0.29, 0.717) is 23.4 Å². The second kappa shape index (κ2) is 5.52. The number of benzene rings is 1. The van der Waals surface area contributed by atoms with Crippen molar-refractivity contribution in [2.45, 2.75) is 30.4 Å². The Bertz CT molecular complexity index is 546. The fourth-order valence-corrected chi connectivity index (χ4v) is 3.43.